The van der Waals surface area contributed by atoms with Crippen molar-refractivity contribution in [2.75, 3.05) is 7.05 Å². The molecule has 3 atom stereocenters. The lowest BCUT2D eigenvalue weighted by Gasteiger charge is -2.21. The third-order valence-electron chi connectivity index (χ3n) is 4.01. The van der Waals surface area contributed by atoms with E-state index >= 15 is 0 Å². The molecule has 1 heterocycles. The van der Waals surface area contributed by atoms with E-state index in [4.69, 9.17) is 4.84 Å². The molecule has 22 heavy (non-hydrogen) atoms. The van der Waals surface area contributed by atoms with Crippen LogP contribution in [-0.2, 0) is 9.63 Å². The van der Waals surface area contributed by atoms with Crippen molar-refractivity contribution in [3.05, 3.63) is 71.8 Å². The van der Waals surface area contributed by atoms with E-state index in [9.17, 15) is 4.79 Å². The molecule has 1 aliphatic heterocycles. The first-order valence-corrected chi connectivity index (χ1v) is 7.47. The van der Waals surface area contributed by atoms with Crippen LogP contribution in [-0.4, -0.2) is 24.1 Å². The summed E-state index contributed by atoms with van der Waals surface area (Å²) in [7, 11) is 1.66. The summed E-state index contributed by atoms with van der Waals surface area (Å²) in [5.41, 5.74) is 2.15. The Labute approximate surface area is 130 Å². The van der Waals surface area contributed by atoms with Crippen LogP contribution in [0, 0.1) is 0 Å². The smallest absolute Gasteiger partial charge is 0.266 e. The van der Waals surface area contributed by atoms with E-state index in [1.807, 2.05) is 48.5 Å². The van der Waals surface area contributed by atoms with Crippen molar-refractivity contribution in [3.8, 4) is 0 Å². The van der Waals surface area contributed by atoms with Gasteiger partial charge in [0.1, 0.15) is 12.1 Å². The number of carbonyl (C=O) groups excluding carboxylic acids is 1. The van der Waals surface area contributed by atoms with Gasteiger partial charge in [-0.05, 0) is 18.1 Å². The van der Waals surface area contributed by atoms with E-state index in [0.29, 0.717) is 0 Å². The molecule has 2 aromatic carbocycles. The highest BCUT2D eigenvalue weighted by Gasteiger charge is 2.41. The number of amides is 1. The third-order valence-corrected chi connectivity index (χ3v) is 4.01. The normalized spacial score (nSPS) is 22.8. The lowest BCUT2D eigenvalue weighted by molar-refractivity contribution is -0.164. The van der Waals surface area contributed by atoms with Gasteiger partial charge in [0.15, 0.2) is 0 Å². The molecule has 0 aromatic heterocycles. The number of hydrogen-bond donors (Lipinski definition) is 1. The van der Waals surface area contributed by atoms with E-state index in [1.165, 1.54) is 5.06 Å². The second-order valence-electron chi connectivity index (χ2n) is 5.55. The Hall–Kier alpha value is -2.17. The van der Waals surface area contributed by atoms with Gasteiger partial charge >= 0.3 is 0 Å². The number of hydrogen-bond acceptors (Lipinski definition) is 3. The number of rotatable bonds is 4. The molecule has 1 fully saturated rings. The number of likely N-dealkylation sites (N-methyl/N-ethyl adjacent to an activating group) is 1. The molecular formula is C18H20N2O2. The summed E-state index contributed by atoms with van der Waals surface area (Å²) in [6, 6.07) is 19.6. The fraction of sp³-hybridized carbons (Fsp3) is 0.278. The molecule has 0 saturated carbocycles. The average Bonchev–Trinajstić information content (AvgIpc) is 2.85. The Kier molecular flexibility index (Phi) is 4.22. The van der Waals surface area contributed by atoms with Crippen LogP contribution in [0.25, 0.3) is 0 Å². The molecule has 114 valence electrons. The molecule has 3 rings (SSSR count). The zero-order chi connectivity index (χ0) is 15.5. The standard InChI is InChI=1S/C18H20N2O2/c1-13(14-9-5-3-6-10-14)19-16-17(22-20(2)18(16)21)15-11-7-4-8-12-15/h3-13,16-17,19H,1-2H3/t13?,16-,17-/m1/s1. The Morgan fingerprint density at radius 3 is 2.27 bits per heavy atom. The van der Waals surface area contributed by atoms with E-state index in [1.54, 1.807) is 7.05 Å². The van der Waals surface area contributed by atoms with E-state index < -0.39 is 0 Å². The average molecular weight is 296 g/mol. The first kappa shape index (κ1) is 14.8. The number of benzene rings is 2. The van der Waals surface area contributed by atoms with Gasteiger partial charge in [-0.3, -0.25) is 14.9 Å². The Bertz CT molecular complexity index is 630. The third kappa shape index (κ3) is 2.89. The summed E-state index contributed by atoms with van der Waals surface area (Å²) in [5, 5.41) is 4.73. The second-order valence-corrected chi connectivity index (χ2v) is 5.55. The molecule has 1 saturated heterocycles. The Balaban J connectivity index is 1.81. The van der Waals surface area contributed by atoms with Crippen molar-refractivity contribution < 1.29 is 9.63 Å². The molecule has 4 nitrogen and oxygen atoms in total. The SMILES string of the molecule is CC(N[C@H]1C(=O)N(C)O[C@@H]1c1ccccc1)c1ccccc1. The number of nitrogens with one attached hydrogen (secondary N) is 1. The monoisotopic (exact) mass is 296 g/mol. The van der Waals surface area contributed by atoms with Crippen molar-refractivity contribution in [1.82, 2.24) is 10.4 Å². The fourth-order valence-corrected chi connectivity index (χ4v) is 2.77. The molecule has 2 aromatic rings. The van der Waals surface area contributed by atoms with Crippen molar-refractivity contribution in [1.29, 1.82) is 0 Å². The molecule has 1 unspecified atom stereocenters. The summed E-state index contributed by atoms with van der Waals surface area (Å²) in [5.74, 6) is -0.0448. The predicted octanol–water partition coefficient (Wildman–Crippen LogP) is 2.85. The van der Waals surface area contributed by atoms with Gasteiger partial charge in [-0.1, -0.05) is 60.7 Å². The molecular weight excluding hydrogens is 276 g/mol. The second kappa shape index (κ2) is 6.30. The van der Waals surface area contributed by atoms with Crippen LogP contribution in [0.1, 0.15) is 30.2 Å². The number of carbonyl (C=O) groups is 1. The van der Waals surface area contributed by atoms with Gasteiger partial charge in [0.2, 0.25) is 0 Å². The van der Waals surface area contributed by atoms with Crippen LogP contribution >= 0.6 is 0 Å². The fourth-order valence-electron chi connectivity index (χ4n) is 2.77. The predicted molar refractivity (Wildman–Crippen MR) is 84.8 cm³/mol. The topological polar surface area (TPSA) is 41.6 Å². The lowest BCUT2D eigenvalue weighted by Crippen LogP contribution is -2.40. The highest BCUT2D eigenvalue weighted by atomic mass is 16.7. The van der Waals surface area contributed by atoms with Crippen LogP contribution in [0.5, 0.6) is 0 Å². The van der Waals surface area contributed by atoms with Gasteiger partial charge in [0.25, 0.3) is 5.91 Å². The minimum Gasteiger partial charge on any atom is -0.297 e. The largest absolute Gasteiger partial charge is 0.297 e. The van der Waals surface area contributed by atoms with Gasteiger partial charge in [-0.2, -0.15) is 0 Å². The number of nitrogens with zero attached hydrogens (tertiary/aromatic N) is 1. The summed E-state index contributed by atoms with van der Waals surface area (Å²) in [6.45, 7) is 2.06. The van der Waals surface area contributed by atoms with E-state index in [-0.39, 0.29) is 24.1 Å². The van der Waals surface area contributed by atoms with Crippen molar-refractivity contribution in [2.45, 2.75) is 25.1 Å². The quantitative estimate of drug-likeness (QED) is 0.943. The summed E-state index contributed by atoms with van der Waals surface area (Å²) in [6.07, 6.45) is -0.301. The summed E-state index contributed by atoms with van der Waals surface area (Å²) >= 11 is 0. The molecule has 1 aliphatic rings. The van der Waals surface area contributed by atoms with Crippen molar-refractivity contribution in [2.24, 2.45) is 0 Å². The molecule has 1 amide bonds. The van der Waals surface area contributed by atoms with Crippen LogP contribution in [0.15, 0.2) is 60.7 Å². The zero-order valence-corrected chi connectivity index (χ0v) is 12.8. The first-order chi connectivity index (χ1) is 10.7. The van der Waals surface area contributed by atoms with Gasteiger partial charge in [0, 0.05) is 13.1 Å². The highest BCUT2D eigenvalue weighted by Crippen LogP contribution is 2.30. The maximum absolute atomic E-state index is 12.4. The van der Waals surface area contributed by atoms with E-state index in [2.05, 4.69) is 24.4 Å². The molecule has 0 spiro atoms. The van der Waals surface area contributed by atoms with Crippen molar-refractivity contribution in [3.63, 3.8) is 0 Å². The molecule has 0 radical (unpaired) electrons. The lowest BCUT2D eigenvalue weighted by atomic mass is 10.0. The highest BCUT2D eigenvalue weighted by molar-refractivity contribution is 5.83. The van der Waals surface area contributed by atoms with E-state index in [0.717, 1.165) is 11.1 Å². The maximum Gasteiger partial charge on any atom is 0.266 e. The molecule has 1 N–H and O–H groups in total. The summed E-state index contributed by atoms with van der Waals surface area (Å²) in [4.78, 5) is 18.1. The Morgan fingerprint density at radius 1 is 1.05 bits per heavy atom. The minimum absolute atomic E-state index is 0.0448. The van der Waals surface area contributed by atoms with Crippen LogP contribution in [0.4, 0.5) is 0 Å². The van der Waals surface area contributed by atoms with Gasteiger partial charge in [-0.25, -0.2) is 5.06 Å². The summed E-state index contributed by atoms with van der Waals surface area (Å²) < 4.78 is 0. The van der Waals surface area contributed by atoms with Crippen LogP contribution < -0.4 is 5.32 Å². The van der Waals surface area contributed by atoms with Gasteiger partial charge in [-0.15, -0.1) is 0 Å². The zero-order valence-electron chi connectivity index (χ0n) is 12.8. The van der Waals surface area contributed by atoms with Crippen LogP contribution in [0.2, 0.25) is 0 Å². The Morgan fingerprint density at radius 2 is 1.64 bits per heavy atom. The number of hydroxylamine groups is 2. The van der Waals surface area contributed by atoms with Crippen LogP contribution in [0.3, 0.4) is 0 Å². The first-order valence-electron chi connectivity index (χ1n) is 7.47. The van der Waals surface area contributed by atoms with Crippen molar-refractivity contribution >= 4 is 5.91 Å². The molecule has 0 bridgehead atoms. The molecule has 4 heteroatoms. The minimum atomic E-state index is -0.386. The molecule has 0 aliphatic carbocycles. The maximum atomic E-state index is 12.4. The van der Waals surface area contributed by atoms with Gasteiger partial charge in [0.05, 0.1) is 0 Å². The van der Waals surface area contributed by atoms with Gasteiger partial charge < -0.3 is 0 Å².